The fraction of sp³-hybridized carbons (Fsp3) is 0.923. The summed E-state index contributed by atoms with van der Waals surface area (Å²) in [6, 6.07) is 0. The summed E-state index contributed by atoms with van der Waals surface area (Å²) in [4.78, 5) is 12.2. The van der Waals surface area contributed by atoms with Crippen molar-refractivity contribution in [2.45, 2.75) is 58.6 Å². The van der Waals surface area contributed by atoms with Crippen LogP contribution in [0.1, 0.15) is 53.4 Å². The first-order chi connectivity index (χ1) is 7.73. The van der Waals surface area contributed by atoms with Gasteiger partial charge in [0.1, 0.15) is 5.78 Å². The topological polar surface area (TPSA) is 51.2 Å². The molecule has 0 unspecified atom stereocenters. The van der Waals surface area contributed by atoms with Gasteiger partial charge in [-0.3, -0.25) is 4.79 Å². The number of Topliss-reactive ketones (excluding diaryl/α,β-unsaturated/α-hetero) is 1. The zero-order valence-electron chi connectivity index (χ0n) is 11.3. The van der Waals surface area contributed by atoms with Crippen LogP contribution in [0.5, 0.6) is 0 Å². The van der Waals surface area contributed by atoms with Crippen LogP contribution in [-0.4, -0.2) is 25.2 Å². The van der Waals surface area contributed by atoms with Gasteiger partial charge in [0, 0.05) is 11.8 Å². The van der Waals surface area contributed by atoms with Gasteiger partial charge in [0.05, 0.1) is 11.0 Å². The molecule has 0 aliphatic heterocycles. The van der Waals surface area contributed by atoms with Crippen LogP contribution in [0.4, 0.5) is 0 Å². The van der Waals surface area contributed by atoms with Gasteiger partial charge in [0.2, 0.25) is 0 Å². The second kappa shape index (κ2) is 5.09. The van der Waals surface area contributed by atoms with Crippen LogP contribution in [0.25, 0.3) is 0 Å². The van der Waals surface area contributed by atoms with Crippen molar-refractivity contribution in [3.05, 3.63) is 0 Å². The SMILES string of the molecule is CC[C@]1(CS(=O)(=O)C(C)C)CC[C@H](C)CC1=O. The number of sulfone groups is 1. The standard InChI is InChI=1S/C13H24O3S/c1-5-13(9-17(15,16)10(2)3)7-6-11(4)8-12(13)14/h10-11H,5-9H2,1-4H3/t11-,13+/m0/s1. The lowest BCUT2D eigenvalue weighted by atomic mass is 9.69. The molecule has 0 radical (unpaired) electrons. The third-order valence-electron chi connectivity index (χ3n) is 4.11. The van der Waals surface area contributed by atoms with Gasteiger partial charge in [0.25, 0.3) is 0 Å². The van der Waals surface area contributed by atoms with E-state index in [-0.39, 0.29) is 11.5 Å². The van der Waals surface area contributed by atoms with Crippen LogP contribution in [-0.2, 0) is 14.6 Å². The monoisotopic (exact) mass is 260 g/mol. The second-order valence-corrected chi connectivity index (χ2v) is 8.32. The summed E-state index contributed by atoms with van der Waals surface area (Å²) in [7, 11) is -3.14. The van der Waals surface area contributed by atoms with Crippen molar-refractivity contribution in [3.8, 4) is 0 Å². The summed E-state index contributed by atoms with van der Waals surface area (Å²) < 4.78 is 24.1. The highest BCUT2D eigenvalue weighted by molar-refractivity contribution is 7.92. The fourth-order valence-electron chi connectivity index (χ4n) is 2.48. The molecular weight excluding hydrogens is 236 g/mol. The fourth-order valence-corrected chi connectivity index (χ4v) is 4.09. The minimum Gasteiger partial charge on any atom is -0.299 e. The van der Waals surface area contributed by atoms with Gasteiger partial charge in [-0.15, -0.1) is 0 Å². The maximum Gasteiger partial charge on any atom is 0.153 e. The molecule has 4 heteroatoms. The number of rotatable bonds is 4. The van der Waals surface area contributed by atoms with E-state index in [1.807, 2.05) is 6.92 Å². The van der Waals surface area contributed by atoms with E-state index in [2.05, 4.69) is 6.92 Å². The summed E-state index contributed by atoms with van der Waals surface area (Å²) in [5.41, 5.74) is -0.602. The summed E-state index contributed by atoms with van der Waals surface area (Å²) >= 11 is 0. The third kappa shape index (κ3) is 3.09. The molecular formula is C13H24O3S. The van der Waals surface area contributed by atoms with Crippen molar-refractivity contribution in [1.29, 1.82) is 0 Å². The molecule has 1 fully saturated rings. The van der Waals surface area contributed by atoms with Gasteiger partial charge < -0.3 is 0 Å². The molecule has 0 aromatic rings. The lowest BCUT2D eigenvalue weighted by Crippen LogP contribution is -2.43. The van der Waals surface area contributed by atoms with Crippen LogP contribution in [0.15, 0.2) is 0 Å². The Kier molecular flexibility index (Phi) is 4.39. The highest BCUT2D eigenvalue weighted by Gasteiger charge is 2.43. The lowest BCUT2D eigenvalue weighted by molar-refractivity contribution is -0.131. The Bertz CT molecular complexity index is 383. The first kappa shape index (κ1) is 14.7. The largest absolute Gasteiger partial charge is 0.299 e. The predicted octanol–water partition coefficient (Wildman–Crippen LogP) is 2.60. The van der Waals surface area contributed by atoms with Crippen molar-refractivity contribution in [2.75, 3.05) is 5.75 Å². The van der Waals surface area contributed by atoms with Gasteiger partial charge in [-0.25, -0.2) is 8.42 Å². The molecule has 1 aliphatic carbocycles. The minimum absolute atomic E-state index is 0.0414. The number of hydrogen-bond donors (Lipinski definition) is 0. The Labute approximate surface area is 105 Å². The Balaban J connectivity index is 2.94. The van der Waals surface area contributed by atoms with E-state index >= 15 is 0 Å². The molecule has 0 bridgehead atoms. The Hall–Kier alpha value is -0.380. The van der Waals surface area contributed by atoms with Crippen molar-refractivity contribution < 1.29 is 13.2 Å². The van der Waals surface area contributed by atoms with Gasteiger partial charge in [-0.1, -0.05) is 13.8 Å². The van der Waals surface area contributed by atoms with E-state index in [9.17, 15) is 13.2 Å². The number of hydrogen-bond acceptors (Lipinski definition) is 3. The van der Waals surface area contributed by atoms with Gasteiger partial charge >= 0.3 is 0 Å². The molecule has 0 aromatic carbocycles. The van der Waals surface area contributed by atoms with Crippen LogP contribution in [0.3, 0.4) is 0 Å². The maximum atomic E-state index is 12.2. The Morgan fingerprint density at radius 2 is 2.00 bits per heavy atom. The van der Waals surface area contributed by atoms with Crippen molar-refractivity contribution >= 4 is 15.6 Å². The molecule has 3 nitrogen and oxygen atoms in total. The molecule has 0 N–H and O–H groups in total. The molecule has 0 heterocycles. The summed E-state index contributed by atoms with van der Waals surface area (Å²) in [5.74, 6) is 0.603. The molecule has 100 valence electrons. The molecule has 1 rings (SSSR count). The summed E-state index contributed by atoms with van der Waals surface area (Å²) in [6.45, 7) is 7.38. The highest BCUT2D eigenvalue weighted by Crippen LogP contribution is 2.40. The molecule has 0 amide bonds. The zero-order chi connectivity index (χ0) is 13.3. The number of ketones is 1. The molecule has 0 spiro atoms. The predicted molar refractivity (Wildman–Crippen MR) is 69.7 cm³/mol. The number of carbonyl (C=O) groups excluding carboxylic acids is 1. The minimum atomic E-state index is -3.14. The smallest absolute Gasteiger partial charge is 0.153 e. The van der Waals surface area contributed by atoms with Gasteiger partial charge in [-0.2, -0.15) is 0 Å². The van der Waals surface area contributed by atoms with Crippen LogP contribution >= 0.6 is 0 Å². The van der Waals surface area contributed by atoms with E-state index < -0.39 is 20.5 Å². The maximum absolute atomic E-state index is 12.2. The Morgan fingerprint density at radius 3 is 2.41 bits per heavy atom. The van der Waals surface area contributed by atoms with E-state index in [1.54, 1.807) is 13.8 Å². The van der Waals surface area contributed by atoms with Crippen molar-refractivity contribution in [1.82, 2.24) is 0 Å². The molecule has 0 aromatic heterocycles. The third-order valence-corrected chi connectivity index (χ3v) is 6.50. The quantitative estimate of drug-likeness (QED) is 0.780. The normalized spacial score (nSPS) is 30.9. The van der Waals surface area contributed by atoms with Crippen LogP contribution < -0.4 is 0 Å². The Morgan fingerprint density at radius 1 is 1.41 bits per heavy atom. The average molecular weight is 260 g/mol. The molecule has 1 aliphatic rings. The van der Waals surface area contributed by atoms with E-state index in [0.717, 1.165) is 12.8 Å². The summed E-state index contributed by atoms with van der Waals surface area (Å²) in [5, 5.41) is -0.391. The van der Waals surface area contributed by atoms with Gasteiger partial charge in [0.15, 0.2) is 9.84 Å². The van der Waals surface area contributed by atoms with E-state index in [1.165, 1.54) is 0 Å². The first-order valence-electron chi connectivity index (χ1n) is 6.48. The van der Waals surface area contributed by atoms with Gasteiger partial charge in [-0.05, 0) is 39.0 Å². The van der Waals surface area contributed by atoms with Crippen LogP contribution in [0.2, 0.25) is 0 Å². The molecule has 0 saturated heterocycles. The zero-order valence-corrected chi connectivity index (χ0v) is 12.1. The molecule has 1 saturated carbocycles. The highest BCUT2D eigenvalue weighted by atomic mass is 32.2. The first-order valence-corrected chi connectivity index (χ1v) is 8.20. The van der Waals surface area contributed by atoms with E-state index in [4.69, 9.17) is 0 Å². The van der Waals surface area contributed by atoms with Crippen LogP contribution in [0, 0.1) is 11.3 Å². The van der Waals surface area contributed by atoms with Crippen molar-refractivity contribution in [2.24, 2.45) is 11.3 Å². The number of carbonyl (C=O) groups is 1. The summed E-state index contributed by atoms with van der Waals surface area (Å²) in [6.07, 6.45) is 2.88. The average Bonchev–Trinajstić information content (AvgIpc) is 2.22. The second-order valence-electron chi connectivity index (χ2n) is 5.76. The molecule has 17 heavy (non-hydrogen) atoms. The van der Waals surface area contributed by atoms with E-state index in [0.29, 0.717) is 18.8 Å². The van der Waals surface area contributed by atoms with Crippen molar-refractivity contribution in [3.63, 3.8) is 0 Å². The lowest BCUT2D eigenvalue weighted by Gasteiger charge is -2.37. The molecule has 2 atom stereocenters.